The van der Waals surface area contributed by atoms with Crippen LogP contribution in [0.5, 0.6) is 0 Å². The molecule has 3 aromatic rings. The Morgan fingerprint density at radius 3 is 2.88 bits per heavy atom. The highest BCUT2D eigenvalue weighted by molar-refractivity contribution is 6.31. The highest BCUT2D eigenvalue weighted by Gasteiger charge is 2.05. The van der Waals surface area contributed by atoms with Crippen molar-refractivity contribution >= 4 is 28.7 Å². The molecule has 1 amide bonds. The molecule has 0 spiro atoms. The lowest BCUT2D eigenvalue weighted by molar-refractivity contribution is 0.139. The van der Waals surface area contributed by atoms with E-state index >= 15 is 0 Å². The van der Waals surface area contributed by atoms with Crippen LogP contribution < -0.4 is 5.32 Å². The van der Waals surface area contributed by atoms with E-state index in [9.17, 15) is 4.79 Å². The third kappa shape index (κ3) is 4.49. The zero-order valence-corrected chi connectivity index (χ0v) is 13.8. The zero-order chi connectivity index (χ0) is 16.8. The third-order valence-electron chi connectivity index (χ3n) is 3.57. The van der Waals surface area contributed by atoms with E-state index in [0.29, 0.717) is 11.6 Å². The number of imidazole rings is 1. The number of benzene rings is 2. The maximum absolute atomic E-state index is 11.6. The quantitative estimate of drug-likeness (QED) is 0.663. The number of amides is 1. The number of aromatic amines is 1. The molecule has 2 N–H and O–H groups in total. The largest absolute Gasteiger partial charge is 0.445 e. The van der Waals surface area contributed by atoms with Gasteiger partial charge >= 0.3 is 6.09 Å². The lowest BCUT2D eigenvalue weighted by Crippen LogP contribution is -2.25. The second-order valence-electron chi connectivity index (χ2n) is 5.44. The molecule has 24 heavy (non-hydrogen) atoms. The molecule has 0 atom stereocenters. The first kappa shape index (κ1) is 16.3. The van der Waals surface area contributed by atoms with Gasteiger partial charge < -0.3 is 15.0 Å². The van der Waals surface area contributed by atoms with Crippen LogP contribution >= 0.6 is 11.6 Å². The topological polar surface area (TPSA) is 67.0 Å². The van der Waals surface area contributed by atoms with Crippen LogP contribution in [0.3, 0.4) is 0 Å². The number of nitrogens with one attached hydrogen (secondary N) is 2. The van der Waals surface area contributed by atoms with Crippen molar-refractivity contribution < 1.29 is 9.53 Å². The van der Waals surface area contributed by atoms with Gasteiger partial charge in [-0.3, -0.25) is 0 Å². The number of fused-ring (bicyclic) bond motifs is 1. The van der Waals surface area contributed by atoms with E-state index in [2.05, 4.69) is 15.3 Å². The van der Waals surface area contributed by atoms with Gasteiger partial charge in [-0.2, -0.15) is 0 Å². The molecular weight excluding hydrogens is 326 g/mol. The van der Waals surface area contributed by atoms with E-state index in [4.69, 9.17) is 16.3 Å². The summed E-state index contributed by atoms with van der Waals surface area (Å²) >= 11 is 5.95. The van der Waals surface area contributed by atoms with Crippen LogP contribution in [0.1, 0.15) is 17.8 Å². The van der Waals surface area contributed by atoms with E-state index in [-0.39, 0.29) is 6.61 Å². The van der Waals surface area contributed by atoms with Crippen molar-refractivity contribution in [2.24, 2.45) is 0 Å². The number of alkyl carbamates (subject to hydrolysis) is 1. The molecule has 0 aliphatic rings. The Hall–Kier alpha value is -2.53. The van der Waals surface area contributed by atoms with Crippen molar-refractivity contribution in [1.82, 2.24) is 15.3 Å². The van der Waals surface area contributed by atoms with Gasteiger partial charge in [0.15, 0.2) is 0 Å². The predicted molar refractivity (Wildman–Crippen MR) is 94.1 cm³/mol. The van der Waals surface area contributed by atoms with E-state index < -0.39 is 6.09 Å². The summed E-state index contributed by atoms with van der Waals surface area (Å²) in [4.78, 5) is 19.4. The van der Waals surface area contributed by atoms with E-state index in [1.54, 1.807) is 0 Å². The molecule has 3 rings (SSSR count). The fourth-order valence-corrected chi connectivity index (χ4v) is 2.55. The van der Waals surface area contributed by atoms with Gasteiger partial charge in [-0.25, -0.2) is 9.78 Å². The molecule has 5 nitrogen and oxygen atoms in total. The number of halogens is 1. The smallest absolute Gasteiger partial charge is 0.407 e. The summed E-state index contributed by atoms with van der Waals surface area (Å²) in [6.07, 6.45) is 1.11. The average Bonchev–Trinajstić information content (AvgIpc) is 2.99. The molecule has 2 aromatic carbocycles. The maximum Gasteiger partial charge on any atom is 0.407 e. The zero-order valence-electron chi connectivity index (χ0n) is 13.1. The lowest BCUT2D eigenvalue weighted by atomic mass is 10.2. The summed E-state index contributed by atoms with van der Waals surface area (Å²) < 4.78 is 5.15. The van der Waals surface area contributed by atoms with E-state index in [1.807, 2.05) is 48.5 Å². The number of aromatic nitrogens is 2. The first-order valence-electron chi connectivity index (χ1n) is 7.79. The van der Waals surface area contributed by atoms with Crippen LogP contribution in [-0.2, 0) is 17.8 Å². The second kappa shape index (κ2) is 7.84. The Labute approximate surface area is 145 Å². The highest BCUT2D eigenvalue weighted by Crippen LogP contribution is 2.17. The van der Waals surface area contributed by atoms with Crippen LogP contribution in [0, 0.1) is 0 Å². The normalized spacial score (nSPS) is 10.7. The lowest BCUT2D eigenvalue weighted by Gasteiger charge is -2.06. The maximum atomic E-state index is 11.6. The molecule has 1 aromatic heterocycles. The van der Waals surface area contributed by atoms with Crippen molar-refractivity contribution in [1.29, 1.82) is 0 Å². The van der Waals surface area contributed by atoms with Gasteiger partial charge in [0.25, 0.3) is 0 Å². The third-order valence-corrected chi connectivity index (χ3v) is 3.80. The Bertz CT molecular complexity index is 818. The molecule has 1 heterocycles. The van der Waals surface area contributed by atoms with Gasteiger partial charge in [0, 0.05) is 18.0 Å². The number of carbonyl (C=O) groups excluding carboxylic acids is 1. The van der Waals surface area contributed by atoms with E-state index in [0.717, 1.165) is 35.3 Å². The summed E-state index contributed by atoms with van der Waals surface area (Å²) in [6.45, 7) is 0.808. The standard InChI is InChI=1S/C18H18ClN3O2/c19-14-8-9-15-16(11-14)22-17(21-15)7-4-10-20-18(23)24-12-13-5-2-1-3-6-13/h1-3,5-6,8-9,11H,4,7,10,12H2,(H,20,23)(H,21,22). The minimum Gasteiger partial charge on any atom is -0.445 e. The fraction of sp³-hybridized carbons (Fsp3) is 0.222. The van der Waals surface area contributed by atoms with Gasteiger partial charge in [0.05, 0.1) is 11.0 Å². The first-order chi connectivity index (χ1) is 11.7. The fourth-order valence-electron chi connectivity index (χ4n) is 2.37. The van der Waals surface area contributed by atoms with Crippen molar-refractivity contribution in [3.8, 4) is 0 Å². The number of H-pyrrole nitrogens is 1. The van der Waals surface area contributed by atoms with Gasteiger partial charge in [0.2, 0.25) is 0 Å². The second-order valence-corrected chi connectivity index (χ2v) is 5.87. The summed E-state index contributed by atoms with van der Waals surface area (Å²) in [7, 11) is 0. The monoisotopic (exact) mass is 343 g/mol. The number of aryl methyl sites for hydroxylation is 1. The van der Waals surface area contributed by atoms with Gasteiger partial charge in [-0.1, -0.05) is 41.9 Å². The molecule has 124 valence electrons. The molecule has 0 unspecified atom stereocenters. The Kier molecular flexibility index (Phi) is 5.33. The van der Waals surface area contributed by atoms with Crippen LogP contribution in [-0.4, -0.2) is 22.6 Å². The van der Waals surface area contributed by atoms with Crippen LogP contribution in [0.2, 0.25) is 5.02 Å². The molecule has 0 fully saturated rings. The molecule has 0 bridgehead atoms. The summed E-state index contributed by atoms with van der Waals surface area (Å²) in [5.74, 6) is 0.881. The molecule has 0 aliphatic carbocycles. The number of carbonyl (C=O) groups is 1. The van der Waals surface area contributed by atoms with Gasteiger partial charge in [0.1, 0.15) is 12.4 Å². The molecule has 0 saturated heterocycles. The van der Waals surface area contributed by atoms with Crippen LogP contribution in [0.15, 0.2) is 48.5 Å². The number of nitrogens with zero attached hydrogens (tertiary/aromatic N) is 1. The van der Waals surface area contributed by atoms with Crippen LogP contribution in [0.25, 0.3) is 11.0 Å². The molecule has 0 saturated carbocycles. The number of hydrogen-bond donors (Lipinski definition) is 2. The molecule has 6 heteroatoms. The Morgan fingerprint density at radius 2 is 2.04 bits per heavy atom. The number of rotatable bonds is 6. The Balaban J connectivity index is 1.39. The van der Waals surface area contributed by atoms with Gasteiger partial charge in [-0.15, -0.1) is 0 Å². The minimum atomic E-state index is -0.407. The minimum absolute atomic E-state index is 0.275. The summed E-state index contributed by atoms with van der Waals surface area (Å²) in [5, 5.41) is 3.42. The average molecular weight is 344 g/mol. The summed E-state index contributed by atoms with van der Waals surface area (Å²) in [6, 6.07) is 15.1. The van der Waals surface area contributed by atoms with Crippen LogP contribution in [0.4, 0.5) is 4.79 Å². The number of hydrogen-bond acceptors (Lipinski definition) is 3. The summed E-state index contributed by atoms with van der Waals surface area (Å²) in [5.41, 5.74) is 2.78. The van der Waals surface area contributed by atoms with E-state index in [1.165, 1.54) is 0 Å². The predicted octanol–water partition coefficient (Wildman–Crippen LogP) is 4.08. The molecular formula is C18H18ClN3O2. The Morgan fingerprint density at radius 1 is 1.21 bits per heavy atom. The van der Waals surface area contributed by atoms with Crippen molar-refractivity contribution in [3.63, 3.8) is 0 Å². The first-order valence-corrected chi connectivity index (χ1v) is 8.17. The molecule has 0 radical (unpaired) electrons. The number of ether oxygens (including phenoxy) is 1. The highest BCUT2D eigenvalue weighted by atomic mass is 35.5. The van der Waals surface area contributed by atoms with Crippen molar-refractivity contribution in [2.45, 2.75) is 19.4 Å². The SMILES string of the molecule is O=C(NCCCc1nc2ccc(Cl)cc2[nH]1)OCc1ccccc1. The molecule has 0 aliphatic heterocycles. The van der Waals surface area contributed by atoms with Gasteiger partial charge in [-0.05, 0) is 30.2 Å². The van der Waals surface area contributed by atoms with Crippen molar-refractivity contribution in [2.75, 3.05) is 6.54 Å². The van der Waals surface area contributed by atoms with Crippen molar-refractivity contribution in [3.05, 3.63) is 64.9 Å².